The van der Waals surface area contributed by atoms with Crippen LogP contribution in [0.4, 0.5) is 0 Å². The fourth-order valence-electron chi connectivity index (χ4n) is 4.21. The van der Waals surface area contributed by atoms with Crippen molar-refractivity contribution < 1.29 is 13.2 Å². The zero-order valence-corrected chi connectivity index (χ0v) is 19.4. The molecule has 7 nitrogen and oxygen atoms in total. The Kier molecular flexibility index (Phi) is 6.08. The van der Waals surface area contributed by atoms with Gasteiger partial charge in [0.25, 0.3) is 5.91 Å². The smallest absolute Gasteiger partial charge is 0.254 e. The van der Waals surface area contributed by atoms with Gasteiger partial charge in [0.15, 0.2) is 0 Å². The van der Waals surface area contributed by atoms with E-state index >= 15 is 0 Å². The number of carbonyl (C=O) groups excluding carboxylic acids is 1. The highest BCUT2D eigenvalue weighted by molar-refractivity contribution is 7.88. The molecule has 0 bridgehead atoms. The Morgan fingerprint density at radius 1 is 0.824 bits per heavy atom. The monoisotopic (exact) mass is 472 g/mol. The lowest BCUT2D eigenvalue weighted by Crippen LogP contribution is -2.50. The van der Waals surface area contributed by atoms with Gasteiger partial charge in [-0.25, -0.2) is 13.4 Å². The van der Waals surface area contributed by atoms with Crippen LogP contribution in [0.2, 0.25) is 0 Å². The zero-order chi connectivity index (χ0) is 23.5. The molecular formula is C26H24N4O3S. The van der Waals surface area contributed by atoms with Gasteiger partial charge in [-0.05, 0) is 29.8 Å². The Hall–Kier alpha value is -3.62. The molecule has 34 heavy (non-hydrogen) atoms. The number of fused-ring (bicyclic) bond motifs is 1. The van der Waals surface area contributed by atoms with Crippen molar-refractivity contribution in [3.63, 3.8) is 0 Å². The average Bonchev–Trinajstić information content (AvgIpc) is 2.88. The molecule has 8 heteroatoms. The highest BCUT2D eigenvalue weighted by Crippen LogP contribution is 2.25. The van der Waals surface area contributed by atoms with Crippen molar-refractivity contribution in [2.75, 3.05) is 26.2 Å². The van der Waals surface area contributed by atoms with Crippen molar-refractivity contribution in [2.45, 2.75) is 5.75 Å². The van der Waals surface area contributed by atoms with Gasteiger partial charge in [0.05, 0.1) is 28.2 Å². The van der Waals surface area contributed by atoms with Crippen LogP contribution in [-0.4, -0.2) is 59.7 Å². The second-order valence-electron chi connectivity index (χ2n) is 8.22. The highest BCUT2D eigenvalue weighted by Gasteiger charge is 2.30. The van der Waals surface area contributed by atoms with Crippen LogP contribution in [0.5, 0.6) is 0 Å². The van der Waals surface area contributed by atoms with Gasteiger partial charge in [0, 0.05) is 37.8 Å². The normalized spacial score (nSPS) is 14.9. The number of amides is 1. The van der Waals surface area contributed by atoms with E-state index in [1.807, 2.05) is 72.8 Å². The van der Waals surface area contributed by atoms with E-state index in [2.05, 4.69) is 4.98 Å². The summed E-state index contributed by atoms with van der Waals surface area (Å²) in [5.41, 5.74) is 3.35. The molecule has 1 aliphatic rings. The van der Waals surface area contributed by atoms with Crippen molar-refractivity contribution >= 4 is 26.8 Å². The molecule has 0 saturated carbocycles. The minimum atomic E-state index is -3.45. The van der Waals surface area contributed by atoms with E-state index in [0.29, 0.717) is 30.0 Å². The topological polar surface area (TPSA) is 83.5 Å². The van der Waals surface area contributed by atoms with Gasteiger partial charge in [-0.15, -0.1) is 0 Å². The molecule has 0 atom stereocenters. The predicted molar refractivity (Wildman–Crippen MR) is 132 cm³/mol. The van der Waals surface area contributed by atoms with Gasteiger partial charge < -0.3 is 4.90 Å². The fraction of sp³-hybridized carbons (Fsp3) is 0.192. The molecule has 172 valence electrons. The highest BCUT2D eigenvalue weighted by atomic mass is 32.2. The van der Waals surface area contributed by atoms with Crippen LogP contribution in [0.1, 0.15) is 15.9 Å². The van der Waals surface area contributed by atoms with Crippen LogP contribution in [0.25, 0.3) is 22.3 Å². The lowest BCUT2D eigenvalue weighted by Gasteiger charge is -2.34. The van der Waals surface area contributed by atoms with Crippen molar-refractivity contribution in [1.29, 1.82) is 0 Å². The number of aromatic nitrogens is 2. The Balaban J connectivity index is 1.37. The number of pyridine rings is 2. The van der Waals surface area contributed by atoms with Crippen molar-refractivity contribution in [1.82, 2.24) is 19.2 Å². The van der Waals surface area contributed by atoms with Crippen LogP contribution in [0, 0.1) is 0 Å². The minimum absolute atomic E-state index is 0.0375. The first-order valence-electron chi connectivity index (χ1n) is 11.1. The number of sulfonamides is 1. The number of rotatable bonds is 5. The average molecular weight is 473 g/mol. The van der Waals surface area contributed by atoms with Gasteiger partial charge in [-0.3, -0.25) is 9.78 Å². The van der Waals surface area contributed by atoms with E-state index < -0.39 is 10.0 Å². The lowest BCUT2D eigenvalue weighted by atomic mass is 10.0. The summed E-state index contributed by atoms with van der Waals surface area (Å²) in [6, 6.07) is 24.1. The molecule has 1 amide bonds. The summed E-state index contributed by atoms with van der Waals surface area (Å²) in [6.45, 7) is 1.22. The van der Waals surface area contributed by atoms with E-state index in [4.69, 9.17) is 4.98 Å². The summed E-state index contributed by atoms with van der Waals surface area (Å²) >= 11 is 0. The third-order valence-corrected chi connectivity index (χ3v) is 7.84. The molecule has 3 heterocycles. The number of para-hydroxylation sites is 1. The summed E-state index contributed by atoms with van der Waals surface area (Å²) in [7, 11) is -3.45. The molecule has 1 saturated heterocycles. The van der Waals surface area contributed by atoms with E-state index in [-0.39, 0.29) is 24.7 Å². The quantitative estimate of drug-likeness (QED) is 0.443. The van der Waals surface area contributed by atoms with Crippen molar-refractivity contribution in [3.05, 3.63) is 96.2 Å². The number of benzene rings is 2. The molecule has 0 spiro atoms. The molecule has 4 aromatic rings. The number of carbonyl (C=O) groups is 1. The van der Waals surface area contributed by atoms with Gasteiger partial charge in [-0.2, -0.15) is 4.31 Å². The Bertz CT molecular complexity index is 1420. The zero-order valence-electron chi connectivity index (χ0n) is 18.5. The summed E-state index contributed by atoms with van der Waals surface area (Å²) < 4.78 is 27.3. The first kappa shape index (κ1) is 22.2. The minimum Gasteiger partial charge on any atom is -0.336 e. The third kappa shape index (κ3) is 4.55. The molecule has 5 rings (SSSR count). The van der Waals surface area contributed by atoms with Gasteiger partial charge in [0.2, 0.25) is 10.0 Å². The second kappa shape index (κ2) is 9.32. The number of nitrogens with zero attached hydrogens (tertiary/aromatic N) is 4. The molecular weight excluding hydrogens is 448 g/mol. The van der Waals surface area contributed by atoms with Crippen LogP contribution in [0.3, 0.4) is 0 Å². The maximum atomic E-state index is 13.6. The van der Waals surface area contributed by atoms with E-state index in [9.17, 15) is 13.2 Å². The molecule has 2 aromatic heterocycles. The van der Waals surface area contributed by atoms with Crippen LogP contribution in [0.15, 0.2) is 85.1 Å². The van der Waals surface area contributed by atoms with Crippen LogP contribution >= 0.6 is 0 Å². The van der Waals surface area contributed by atoms with E-state index in [1.165, 1.54) is 4.31 Å². The largest absolute Gasteiger partial charge is 0.336 e. The first-order chi connectivity index (χ1) is 16.5. The second-order valence-corrected chi connectivity index (χ2v) is 10.2. The van der Waals surface area contributed by atoms with E-state index in [0.717, 1.165) is 16.5 Å². The Labute approximate surface area is 198 Å². The Morgan fingerprint density at radius 3 is 2.26 bits per heavy atom. The third-order valence-electron chi connectivity index (χ3n) is 5.99. The summed E-state index contributed by atoms with van der Waals surface area (Å²) in [5, 5.41) is 0.770. The standard InChI is InChI=1S/C26H24N4O3S/c31-26(29-14-16-30(17-15-29)34(32,33)19-20-8-2-1-3-9-20)22-18-25(24-12-6-7-13-27-24)28-23-11-5-4-10-21(22)23/h1-13,18H,14-17,19H2. The molecule has 0 N–H and O–H groups in total. The van der Waals surface area contributed by atoms with Crippen LogP contribution in [-0.2, 0) is 15.8 Å². The number of hydrogen-bond acceptors (Lipinski definition) is 5. The number of piperazine rings is 1. The van der Waals surface area contributed by atoms with Gasteiger partial charge in [-0.1, -0.05) is 54.6 Å². The van der Waals surface area contributed by atoms with E-state index in [1.54, 1.807) is 17.2 Å². The lowest BCUT2D eigenvalue weighted by molar-refractivity contribution is 0.0699. The first-order valence-corrected chi connectivity index (χ1v) is 12.7. The molecule has 1 fully saturated rings. The predicted octanol–water partition coefficient (Wildman–Crippen LogP) is 3.58. The summed E-state index contributed by atoms with van der Waals surface area (Å²) in [6.07, 6.45) is 1.70. The molecule has 0 unspecified atom stereocenters. The SMILES string of the molecule is O=C(c1cc(-c2ccccn2)nc2ccccc12)N1CCN(S(=O)(=O)Cc2ccccc2)CC1. The molecule has 0 radical (unpaired) electrons. The van der Waals surface area contributed by atoms with Gasteiger partial charge >= 0.3 is 0 Å². The molecule has 1 aliphatic heterocycles. The molecule has 0 aliphatic carbocycles. The van der Waals surface area contributed by atoms with Crippen LogP contribution < -0.4 is 0 Å². The van der Waals surface area contributed by atoms with Gasteiger partial charge in [0.1, 0.15) is 0 Å². The maximum absolute atomic E-state index is 13.6. The summed E-state index contributed by atoms with van der Waals surface area (Å²) in [4.78, 5) is 24.4. The number of hydrogen-bond donors (Lipinski definition) is 0. The summed E-state index contributed by atoms with van der Waals surface area (Å²) in [5.74, 6) is -0.166. The molecule has 2 aromatic carbocycles. The Morgan fingerprint density at radius 2 is 1.53 bits per heavy atom. The fourth-order valence-corrected chi connectivity index (χ4v) is 5.73. The van der Waals surface area contributed by atoms with Crippen molar-refractivity contribution in [2.24, 2.45) is 0 Å². The van der Waals surface area contributed by atoms with Crippen molar-refractivity contribution in [3.8, 4) is 11.4 Å². The maximum Gasteiger partial charge on any atom is 0.254 e.